The van der Waals surface area contributed by atoms with Crippen LogP contribution in [0.1, 0.15) is 22.4 Å². The standard InChI is InChI=1S/C14H17N5OS/c1-7-5-8(2)11(9(3)6-7)16-17-12-10(4)18-19(13(12)20)14(15)21/h5-6,18H,1-4H3,(H2,15,21). The maximum Gasteiger partial charge on any atom is 0.301 e. The second-order valence-corrected chi connectivity index (χ2v) is 5.43. The maximum absolute atomic E-state index is 12.1. The second-order valence-electron chi connectivity index (χ2n) is 5.01. The normalized spacial score (nSPS) is 11.2. The van der Waals surface area contributed by atoms with Crippen LogP contribution < -0.4 is 11.3 Å². The van der Waals surface area contributed by atoms with E-state index in [0.717, 1.165) is 27.1 Å². The Labute approximate surface area is 127 Å². The molecule has 0 atom stereocenters. The lowest BCUT2D eigenvalue weighted by Crippen LogP contribution is -2.29. The van der Waals surface area contributed by atoms with Crippen LogP contribution in [0.3, 0.4) is 0 Å². The summed E-state index contributed by atoms with van der Waals surface area (Å²) in [6.07, 6.45) is 0. The van der Waals surface area contributed by atoms with Crippen LogP contribution in [-0.4, -0.2) is 14.9 Å². The predicted octanol–water partition coefficient (Wildman–Crippen LogP) is 2.92. The Morgan fingerprint density at radius 2 is 1.67 bits per heavy atom. The van der Waals surface area contributed by atoms with E-state index in [2.05, 4.69) is 15.3 Å². The van der Waals surface area contributed by atoms with Gasteiger partial charge in [-0.3, -0.25) is 9.89 Å². The SMILES string of the molecule is Cc1cc(C)c(N=Nc2c(C)[nH]n(C(N)=S)c2=O)c(C)c1. The molecule has 1 aromatic heterocycles. The highest BCUT2D eigenvalue weighted by molar-refractivity contribution is 7.80. The molecule has 0 spiro atoms. The lowest BCUT2D eigenvalue weighted by molar-refractivity contribution is 0.889. The highest BCUT2D eigenvalue weighted by atomic mass is 32.1. The zero-order valence-electron chi connectivity index (χ0n) is 12.4. The number of hydrogen-bond acceptors (Lipinski definition) is 4. The Balaban J connectivity index is 2.48. The quantitative estimate of drug-likeness (QED) is 0.660. The van der Waals surface area contributed by atoms with Crippen molar-refractivity contribution in [2.45, 2.75) is 27.7 Å². The van der Waals surface area contributed by atoms with E-state index in [1.807, 2.05) is 32.9 Å². The van der Waals surface area contributed by atoms with Crippen LogP contribution in [0.25, 0.3) is 0 Å². The van der Waals surface area contributed by atoms with E-state index in [0.29, 0.717) is 5.69 Å². The smallest absolute Gasteiger partial charge is 0.301 e. The van der Waals surface area contributed by atoms with E-state index in [1.165, 1.54) is 0 Å². The second kappa shape index (κ2) is 5.61. The molecule has 1 aromatic carbocycles. The lowest BCUT2D eigenvalue weighted by Gasteiger charge is -2.04. The van der Waals surface area contributed by atoms with E-state index >= 15 is 0 Å². The lowest BCUT2D eigenvalue weighted by atomic mass is 10.1. The Morgan fingerprint density at radius 1 is 1.14 bits per heavy atom. The van der Waals surface area contributed by atoms with E-state index in [-0.39, 0.29) is 10.8 Å². The monoisotopic (exact) mass is 303 g/mol. The molecule has 0 saturated carbocycles. The molecule has 2 aromatic rings. The van der Waals surface area contributed by atoms with Crippen molar-refractivity contribution in [3.8, 4) is 0 Å². The number of nitrogens with two attached hydrogens (primary N) is 1. The number of nitrogens with one attached hydrogen (secondary N) is 1. The molecule has 110 valence electrons. The zero-order valence-corrected chi connectivity index (χ0v) is 13.2. The maximum atomic E-state index is 12.1. The fraction of sp³-hybridized carbons (Fsp3) is 0.286. The van der Waals surface area contributed by atoms with Gasteiger partial charge in [-0.1, -0.05) is 17.7 Å². The zero-order chi connectivity index (χ0) is 15.7. The highest BCUT2D eigenvalue weighted by Gasteiger charge is 2.12. The third kappa shape index (κ3) is 2.92. The minimum Gasteiger partial charge on any atom is -0.374 e. The average molecular weight is 303 g/mol. The van der Waals surface area contributed by atoms with Gasteiger partial charge in [0, 0.05) is 0 Å². The topological polar surface area (TPSA) is 88.5 Å². The summed E-state index contributed by atoms with van der Waals surface area (Å²) in [6, 6.07) is 4.05. The summed E-state index contributed by atoms with van der Waals surface area (Å²) in [5.41, 5.74) is 9.80. The largest absolute Gasteiger partial charge is 0.374 e. The van der Waals surface area contributed by atoms with Crippen molar-refractivity contribution >= 4 is 28.7 Å². The van der Waals surface area contributed by atoms with Gasteiger partial charge in [0.05, 0.1) is 11.4 Å². The summed E-state index contributed by atoms with van der Waals surface area (Å²) < 4.78 is 1.08. The molecular formula is C14H17N5OS. The van der Waals surface area contributed by atoms with E-state index < -0.39 is 5.56 Å². The van der Waals surface area contributed by atoms with Crippen molar-refractivity contribution in [2.24, 2.45) is 16.0 Å². The number of thiocarbonyl (C=S) groups is 1. The van der Waals surface area contributed by atoms with Crippen LogP contribution in [0, 0.1) is 27.7 Å². The van der Waals surface area contributed by atoms with Crippen LogP contribution in [0.5, 0.6) is 0 Å². The fourth-order valence-corrected chi connectivity index (χ4v) is 2.37. The van der Waals surface area contributed by atoms with Gasteiger partial charge in [0.2, 0.25) is 0 Å². The van der Waals surface area contributed by atoms with Gasteiger partial charge in [-0.05, 0) is 51.0 Å². The molecule has 7 heteroatoms. The third-order valence-electron chi connectivity index (χ3n) is 3.15. The number of azo groups is 1. The Morgan fingerprint density at radius 3 is 2.14 bits per heavy atom. The summed E-state index contributed by atoms with van der Waals surface area (Å²) in [6.45, 7) is 7.68. The third-order valence-corrected chi connectivity index (χ3v) is 3.33. The van der Waals surface area contributed by atoms with Gasteiger partial charge in [0.15, 0.2) is 10.8 Å². The minimum atomic E-state index is -0.397. The molecule has 1 heterocycles. The number of rotatable bonds is 2. The first-order valence-electron chi connectivity index (χ1n) is 6.42. The van der Waals surface area contributed by atoms with Gasteiger partial charge in [0.1, 0.15) is 0 Å². The summed E-state index contributed by atoms with van der Waals surface area (Å²) in [5.74, 6) is 0. The number of aromatic nitrogens is 2. The molecule has 6 nitrogen and oxygen atoms in total. The molecule has 0 amide bonds. The van der Waals surface area contributed by atoms with Gasteiger partial charge in [-0.15, -0.1) is 10.2 Å². The summed E-state index contributed by atoms with van der Waals surface area (Å²) >= 11 is 4.79. The highest BCUT2D eigenvalue weighted by Crippen LogP contribution is 2.26. The van der Waals surface area contributed by atoms with Crippen LogP contribution >= 0.6 is 12.2 Å². The van der Waals surface area contributed by atoms with Gasteiger partial charge in [0.25, 0.3) is 0 Å². The van der Waals surface area contributed by atoms with Gasteiger partial charge in [-0.2, -0.15) is 4.68 Å². The molecule has 0 bridgehead atoms. The van der Waals surface area contributed by atoms with Crippen LogP contribution in [-0.2, 0) is 0 Å². The number of benzene rings is 1. The van der Waals surface area contributed by atoms with Crippen molar-refractivity contribution in [3.05, 3.63) is 44.9 Å². The Kier molecular flexibility index (Phi) is 4.04. The number of hydrogen-bond donors (Lipinski definition) is 2. The van der Waals surface area contributed by atoms with Crippen LogP contribution in [0.4, 0.5) is 11.4 Å². The molecule has 0 unspecified atom stereocenters. The average Bonchev–Trinajstić information content (AvgIpc) is 2.64. The first-order valence-corrected chi connectivity index (χ1v) is 6.83. The van der Waals surface area contributed by atoms with Crippen LogP contribution in [0.2, 0.25) is 0 Å². The van der Waals surface area contributed by atoms with E-state index in [9.17, 15) is 4.79 Å². The van der Waals surface area contributed by atoms with Crippen molar-refractivity contribution in [3.63, 3.8) is 0 Å². The molecule has 0 aliphatic carbocycles. The molecule has 0 fully saturated rings. The van der Waals surface area contributed by atoms with Gasteiger partial charge < -0.3 is 5.73 Å². The Bertz CT molecular complexity index is 777. The fourth-order valence-electron chi connectivity index (χ4n) is 2.24. The molecule has 21 heavy (non-hydrogen) atoms. The van der Waals surface area contributed by atoms with E-state index in [4.69, 9.17) is 18.0 Å². The molecule has 0 radical (unpaired) electrons. The number of aryl methyl sites for hydroxylation is 4. The number of nitrogens with zero attached hydrogens (tertiary/aromatic N) is 3. The molecule has 2 rings (SSSR count). The van der Waals surface area contributed by atoms with Crippen molar-refractivity contribution < 1.29 is 0 Å². The summed E-state index contributed by atoms with van der Waals surface area (Å²) in [7, 11) is 0. The van der Waals surface area contributed by atoms with Crippen LogP contribution in [0.15, 0.2) is 27.2 Å². The summed E-state index contributed by atoms with van der Waals surface area (Å²) in [5, 5.41) is 11.0. The first kappa shape index (κ1) is 15.1. The summed E-state index contributed by atoms with van der Waals surface area (Å²) in [4.78, 5) is 12.1. The molecule has 0 aliphatic heterocycles. The first-order chi connectivity index (χ1) is 9.81. The predicted molar refractivity (Wildman–Crippen MR) is 86.8 cm³/mol. The number of H-pyrrole nitrogens is 1. The van der Waals surface area contributed by atoms with Gasteiger partial charge in [-0.25, -0.2) is 0 Å². The van der Waals surface area contributed by atoms with Crippen molar-refractivity contribution in [2.75, 3.05) is 0 Å². The van der Waals surface area contributed by atoms with E-state index in [1.54, 1.807) is 6.92 Å². The molecule has 3 N–H and O–H groups in total. The molecule has 0 saturated heterocycles. The van der Waals surface area contributed by atoms with Crippen molar-refractivity contribution in [1.82, 2.24) is 9.78 Å². The number of aromatic amines is 1. The van der Waals surface area contributed by atoms with Gasteiger partial charge >= 0.3 is 5.56 Å². The minimum absolute atomic E-state index is 0.0488. The Hall–Kier alpha value is -2.28. The van der Waals surface area contributed by atoms with Crippen molar-refractivity contribution in [1.29, 1.82) is 0 Å². The molecular weight excluding hydrogens is 286 g/mol. The molecule has 0 aliphatic rings.